The van der Waals surface area contributed by atoms with E-state index in [0.717, 1.165) is 82.6 Å². The van der Waals surface area contributed by atoms with Crippen LogP contribution in [0.5, 0.6) is 0 Å². The van der Waals surface area contributed by atoms with Crippen molar-refractivity contribution in [1.29, 1.82) is 0 Å². The Hall–Kier alpha value is -1.72. The number of hydrogen-bond acceptors (Lipinski definition) is 4. The Morgan fingerprint density at radius 3 is 2.02 bits per heavy atom. The van der Waals surface area contributed by atoms with Crippen LogP contribution in [0.2, 0.25) is 0 Å². The van der Waals surface area contributed by atoms with Crippen molar-refractivity contribution >= 4 is 29.1 Å². The van der Waals surface area contributed by atoms with Crippen molar-refractivity contribution in [3.05, 3.63) is 35.4 Å². The zero-order valence-corrected chi connectivity index (χ0v) is 28.2. The van der Waals surface area contributed by atoms with Gasteiger partial charge in [-0.3, -0.25) is 14.4 Å². The number of nitrogens with one attached hydrogen (secondary N) is 1. The van der Waals surface area contributed by atoms with Crippen molar-refractivity contribution in [1.82, 2.24) is 10.2 Å². The standard InChI is InChI=1S/C37H57ClN2O3/c1-5-25-36(6-2,33(41)28-23-21-27(26-38)22-24-28)39-31-19-15-11-9-13-17-29(31)34(42)37(7-3,8-4)40-32-20-16-12-10-14-18-30(32)35(40)43/h21-24,29-32,39H,5-20,25-26H2,1-4H3/t29-,30-,31+,32+,36?/m1/s1. The van der Waals surface area contributed by atoms with E-state index < -0.39 is 11.1 Å². The van der Waals surface area contributed by atoms with Gasteiger partial charge in [0.2, 0.25) is 5.91 Å². The number of carbonyl (C=O) groups excluding carboxylic acids is 3. The number of fused-ring (bicyclic) bond motifs is 1. The molecule has 0 aromatic heterocycles. The first-order chi connectivity index (χ1) is 20.8. The van der Waals surface area contributed by atoms with Gasteiger partial charge in [0.05, 0.1) is 11.5 Å². The lowest BCUT2D eigenvalue weighted by Crippen LogP contribution is -2.73. The van der Waals surface area contributed by atoms with Crippen molar-refractivity contribution in [3.63, 3.8) is 0 Å². The van der Waals surface area contributed by atoms with E-state index in [-0.39, 0.29) is 41.4 Å². The highest BCUT2D eigenvalue weighted by atomic mass is 35.5. The third-order valence-electron chi connectivity index (χ3n) is 11.4. The summed E-state index contributed by atoms with van der Waals surface area (Å²) in [5.41, 5.74) is 0.195. The molecule has 1 saturated heterocycles. The normalized spacial score (nSPS) is 26.6. The minimum absolute atomic E-state index is 0.0904. The minimum Gasteiger partial charge on any atom is -0.326 e. The Kier molecular flexibility index (Phi) is 12.3. The first kappa shape index (κ1) is 34.2. The molecule has 0 spiro atoms. The van der Waals surface area contributed by atoms with Crippen molar-refractivity contribution in [3.8, 4) is 0 Å². The average molecular weight is 613 g/mol. The zero-order chi connectivity index (χ0) is 31.0. The van der Waals surface area contributed by atoms with Crippen LogP contribution in [0.25, 0.3) is 0 Å². The second-order valence-electron chi connectivity index (χ2n) is 13.7. The molecule has 6 heteroatoms. The Morgan fingerprint density at radius 1 is 0.837 bits per heavy atom. The third kappa shape index (κ3) is 6.93. The predicted molar refractivity (Wildman–Crippen MR) is 177 cm³/mol. The number of nitrogens with zero attached hydrogens (tertiary/aromatic N) is 1. The van der Waals surface area contributed by atoms with Crippen LogP contribution in [0.15, 0.2) is 24.3 Å². The molecule has 240 valence electrons. The molecule has 0 radical (unpaired) electrons. The fraction of sp³-hybridized carbons (Fsp3) is 0.757. The second-order valence-corrected chi connectivity index (χ2v) is 13.9. The molecule has 3 fully saturated rings. The van der Waals surface area contributed by atoms with Crippen molar-refractivity contribution < 1.29 is 14.4 Å². The summed E-state index contributed by atoms with van der Waals surface area (Å²) >= 11 is 6.03. The molecular formula is C37H57ClN2O3. The summed E-state index contributed by atoms with van der Waals surface area (Å²) in [5.74, 6) is 0.866. The highest BCUT2D eigenvalue weighted by molar-refractivity contribution is 6.17. The average Bonchev–Trinajstić information content (AvgIpc) is 3.01. The summed E-state index contributed by atoms with van der Waals surface area (Å²) in [4.78, 5) is 45.2. The number of hydrogen-bond donors (Lipinski definition) is 1. The van der Waals surface area contributed by atoms with Crippen LogP contribution in [-0.2, 0) is 15.5 Å². The molecule has 1 heterocycles. The molecule has 5 atom stereocenters. The van der Waals surface area contributed by atoms with Gasteiger partial charge in [-0.1, -0.05) is 110 Å². The van der Waals surface area contributed by atoms with E-state index in [0.29, 0.717) is 30.7 Å². The summed E-state index contributed by atoms with van der Waals surface area (Å²) in [6, 6.07) is 7.80. The first-order valence-corrected chi connectivity index (χ1v) is 18.2. The number of rotatable bonds is 13. The van der Waals surface area contributed by atoms with Crippen LogP contribution in [0.3, 0.4) is 0 Å². The van der Waals surface area contributed by atoms with Gasteiger partial charge >= 0.3 is 0 Å². The lowest BCUT2D eigenvalue weighted by Gasteiger charge is -2.58. The molecule has 0 bridgehead atoms. The molecule has 1 aliphatic heterocycles. The number of benzene rings is 1. The van der Waals surface area contributed by atoms with Crippen LogP contribution in [0.4, 0.5) is 0 Å². The first-order valence-electron chi connectivity index (χ1n) is 17.7. The Morgan fingerprint density at radius 2 is 1.44 bits per heavy atom. The lowest BCUT2D eigenvalue weighted by atomic mass is 9.67. The topological polar surface area (TPSA) is 66.5 Å². The molecule has 1 amide bonds. The number of ketones is 2. The number of carbonyl (C=O) groups is 3. The third-order valence-corrected chi connectivity index (χ3v) is 11.7. The number of amides is 1. The SMILES string of the molecule is CCCC(CC)(N[C@H]1CCCCCC[C@H]1C(=O)C(CC)(CC)N1C(=O)[C@@H]2CCCCCC[C@@H]21)C(=O)c1ccc(CCl)cc1. The number of β-lactam (4-membered cyclic amide) rings is 1. The van der Waals surface area contributed by atoms with Crippen molar-refractivity contribution in [2.45, 2.75) is 166 Å². The van der Waals surface area contributed by atoms with Crippen LogP contribution in [-0.4, -0.2) is 45.5 Å². The van der Waals surface area contributed by atoms with Crippen LogP contribution >= 0.6 is 11.6 Å². The van der Waals surface area contributed by atoms with Crippen LogP contribution in [0.1, 0.15) is 153 Å². The van der Waals surface area contributed by atoms with Crippen LogP contribution in [0, 0.1) is 11.8 Å². The molecule has 4 rings (SSSR count). The quantitative estimate of drug-likeness (QED) is 0.137. The Labute approximate surface area is 266 Å². The molecule has 2 aliphatic carbocycles. The maximum atomic E-state index is 15.1. The van der Waals surface area contributed by atoms with Gasteiger partial charge in [0, 0.05) is 29.4 Å². The van der Waals surface area contributed by atoms with E-state index in [1.807, 2.05) is 24.3 Å². The molecule has 3 aliphatic rings. The zero-order valence-electron chi connectivity index (χ0n) is 27.4. The summed E-state index contributed by atoms with van der Waals surface area (Å²) < 4.78 is 0. The molecular weight excluding hydrogens is 556 g/mol. The fourth-order valence-corrected chi connectivity index (χ4v) is 8.90. The van der Waals surface area contributed by atoms with Crippen molar-refractivity contribution in [2.24, 2.45) is 11.8 Å². The van der Waals surface area contributed by atoms with E-state index in [4.69, 9.17) is 11.6 Å². The van der Waals surface area contributed by atoms with Crippen molar-refractivity contribution in [2.75, 3.05) is 0 Å². The fourth-order valence-electron chi connectivity index (χ4n) is 8.72. The highest BCUT2D eigenvalue weighted by Gasteiger charge is 2.58. The van der Waals surface area contributed by atoms with Gasteiger partial charge in [0.15, 0.2) is 11.6 Å². The number of likely N-dealkylation sites (tertiary alicyclic amines) is 1. The maximum Gasteiger partial charge on any atom is 0.228 e. The summed E-state index contributed by atoms with van der Waals surface area (Å²) in [5, 5.41) is 3.93. The summed E-state index contributed by atoms with van der Waals surface area (Å²) in [7, 11) is 0. The highest BCUT2D eigenvalue weighted by Crippen LogP contribution is 2.46. The Balaban J connectivity index is 1.68. The lowest BCUT2D eigenvalue weighted by molar-refractivity contribution is -0.178. The summed E-state index contributed by atoms with van der Waals surface area (Å²) in [6.45, 7) is 8.45. The van der Waals surface area contributed by atoms with Gasteiger partial charge in [-0.05, 0) is 56.9 Å². The molecule has 5 nitrogen and oxygen atoms in total. The molecule has 2 saturated carbocycles. The molecule has 1 unspecified atom stereocenters. The van der Waals surface area contributed by atoms with E-state index in [9.17, 15) is 9.59 Å². The largest absolute Gasteiger partial charge is 0.326 e. The van der Waals surface area contributed by atoms with E-state index >= 15 is 4.79 Å². The monoisotopic (exact) mass is 612 g/mol. The minimum atomic E-state index is -0.762. The second kappa shape index (κ2) is 15.5. The van der Waals surface area contributed by atoms with Gasteiger partial charge in [-0.15, -0.1) is 11.6 Å². The van der Waals surface area contributed by atoms with Gasteiger partial charge in [0.25, 0.3) is 0 Å². The smallest absolute Gasteiger partial charge is 0.228 e. The van der Waals surface area contributed by atoms with Gasteiger partial charge in [-0.25, -0.2) is 0 Å². The molecule has 1 aromatic carbocycles. The molecule has 1 aromatic rings. The Bertz CT molecular complexity index is 1080. The van der Waals surface area contributed by atoms with Gasteiger partial charge < -0.3 is 10.2 Å². The van der Waals surface area contributed by atoms with E-state index in [1.165, 1.54) is 12.8 Å². The van der Waals surface area contributed by atoms with Crippen LogP contribution < -0.4 is 5.32 Å². The predicted octanol–water partition coefficient (Wildman–Crippen LogP) is 8.79. The molecule has 43 heavy (non-hydrogen) atoms. The molecule has 1 N–H and O–H groups in total. The van der Waals surface area contributed by atoms with Gasteiger partial charge in [-0.2, -0.15) is 0 Å². The van der Waals surface area contributed by atoms with Gasteiger partial charge in [0.1, 0.15) is 5.54 Å². The van der Waals surface area contributed by atoms with E-state index in [2.05, 4.69) is 37.9 Å². The summed E-state index contributed by atoms with van der Waals surface area (Å²) in [6.07, 6.45) is 16.3. The number of Topliss-reactive ketones (excluding diaryl/α,β-unsaturated/α-hetero) is 2. The number of alkyl halides is 1. The maximum absolute atomic E-state index is 15.1. The number of halogens is 1. The van der Waals surface area contributed by atoms with E-state index in [1.54, 1.807) is 0 Å².